The summed E-state index contributed by atoms with van der Waals surface area (Å²) in [5.41, 5.74) is 3.33. The second-order valence-electron chi connectivity index (χ2n) is 7.94. The van der Waals surface area contributed by atoms with Crippen LogP contribution in [0.4, 0.5) is 10.8 Å². The summed E-state index contributed by atoms with van der Waals surface area (Å²) in [7, 11) is 0. The van der Waals surface area contributed by atoms with E-state index in [4.69, 9.17) is 0 Å². The van der Waals surface area contributed by atoms with E-state index in [0.717, 1.165) is 36.4 Å². The van der Waals surface area contributed by atoms with Crippen molar-refractivity contribution in [1.29, 1.82) is 0 Å². The fourth-order valence-electron chi connectivity index (χ4n) is 4.04. The van der Waals surface area contributed by atoms with Crippen molar-refractivity contribution >= 4 is 34.0 Å². The molecule has 1 aromatic heterocycles. The topological polar surface area (TPSA) is 75.2 Å². The molecule has 1 atom stereocenters. The van der Waals surface area contributed by atoms with Crippen molar-refractivity contribution in [3.63, 3.8) is 0 Å². The second-order valence-corrected chi connectivity index (χ2v) is 8.95. The lowest BCUT2D eigenvalue weighted by Gasteiger charge is -2.19. The average molecular weight is 399 g/mol. The fourth-order valence-corrected chi connectivity index (χ4v) is 4.88. The Hall–Kier alpha value is -2.28. The molecule has 1 N–H and O–H groups in total. The highest BCUT2D eigenvalue weighted by atomic mass is 32.1. The lowest BCUT2D eigenvalue weighted by atomic mass is 9.89. The molecule has 1 aliphatic heterocycles. The summed E-state index contributed by atoms with van der Waals surface area (Å²) in [6, 6.07) is 6.11. The van der Waals surface area contributed by atoms with Crippen LogP contribution in [0, 0.1) is 19.8 Å². The molecule has 0 radical (unpaired) electrons. The average Bonchev–Trinajstić information content (AvgIpc) is 3.31. The molecule has 1 aliphatic carbocycles. The highest BCUT2D eigenvalue weighted by Crippen LogP contribution is 2.35. The van der Waals surface area contributed by atoms with Gasteiger partial charge in [0.1, 0.15) is 5.01 Å². The predicted octanol–water partition coefficient (Wildman–Crippen LogP) is 4.19. The van der Waals surface area contributed by atoms with Crippen LogP contribution in [0.5, 0.6) is 0 Å². The molecule has 4 rings (SSSR count). The number of carbonyl (C=O) groups excluding carboxylic acids is 2. The zero-order valence-electron chi connectivity index (χ0n) is 16.4. The first-order valence-corrected chi connectivity index (χ1v) is 10.8. The van der Waals surface area contributed by atoms with E-state index in [1.54, 1.807) is 0 Å². The van der Waals surface area contributed by atoms with Crippen LogP contribution in [0.2, 0.25) is 0 Å². The minimum atomic E-state index is 0.0203. The van der Waals surface area contributed by atoms with Gasteiger partial charge in [0.25, 0.3) is 0 Å². The third kappa shape index (κ3) is 3.94. The summed E-state index contributed by atoms with van der Waals surface area (Å²) >= 11 is 1.39. The summed E-state index contributed by atoms with van der Waals surface area (Å²) in [6.45, 7) is 4.73. The molecule has 148 valence electrons. The standard InChI is InChI=1S/C21H26N4O2S/c1-13-8-9-17(10-14(13)2)25-12-16(11-18(25)26)20-23-24-21(28-20)22-19(27)15-6-4-3-5-7-15/h8-10,15-16H,3-7,11-12H2,1-2H3,(H,22,24,27)/t16-/m1/s1. The molecule has 2 heterocycles. The second kappa shape index (κ2) is 7.99. The molecule has 1 saturated carbocycles. The maximum absolute atomic E-state index is 12.6. The summed E-state index contributed by atoms with van der Waals surface area (Å²) < 4.78 is 0. The van der Waals surface area contributed by atoms with Gasteiger partial charge in [-0.25, -0.2) is 0 Å². The number of nitrogens with one attached hydrogen (secondary N) is 1. The molecular formula is C21H26N4O2S. The number of anilines is 2. The van der Waals surface area contributed by atoms with Crippen LogP contribution in [0.3, 0.4) is 0 Å². The minimum Gasteiger partial charge on any atom is -0.312 e. The van der Waals surface area contributed by atoms with Crippen molar-refractivity contribution in [1.82, 2.24) is 10.2 Å². The van der Waals surface area contributed by atoms with Gasteiger partial charge in [0, 0.05) is 30.5 Å². The molecule has 1 aromatic carbocycles. The maximum Gasteiger partial charge on any atom is 0.229 e. The number of aromatic nitrogens is 2. The number of amides is 2. The number of hydrogen-bond acceptors (Lipinski definition) is 5. The first-order chi connectivity index (χ1) is 13.5. The maximum atomic E-state index is 12.6. The SMILES string of the molecule is Cc1ccc(N2C[C@H](c3nnc(NC(=O)C4CCCCC4)s3)CC2=O)cc1C. The predicted molar refractivity (Wildman–Crippen MR) is 111 cm³/mol. The fraction of sp³-hybridized carbons (Fsp3) is 0.524. The molecule has 7 heteroatoms. The quantitative estimate of drug-likeness (QED) is 0.838. The monoisotopic (exact) mass is 398 g/mol. The number of nitrogens with zero attached hydrogens (tertiary/aromatic N) is 3. The van der Waals surface area contributed by atoms with Crippen LogP contribution >= 0.6 is 11.3 Å². The Morgan fingerprint density at radius 1 is 1.14 bits per heavy atom. The van der Waals surface area contributed by atoms with Crippen molar-refractivity contribution < 1.29 is 9.59 Å². The molecular weight excluding hydrogens is 372 g/mol. The third-order valence-corrected chi connectivity index (χ3v) is 6.92. The van der Waals surface area contributed by atoms with Crippen molar-refractivity contribution in [2.24, 2.45) is 5.92 Å². The van der Waals surface area contributed by atoms with E-state index in [0.29, 0.717) is 18.1 Å². The van der Waals surface area contributed by atoms with Crippen LogP contribution < -0.4 is 10.2 Å². The van der Waals surface area contributed by atoms with Gasteiger partial charge in [0.2, 0.25) is 16.9 Å². The normalized spacial score (nSPS) is 20.6. The van der Waals surface area contributed by atoms with E-state index < -0.39 is 0 Å². The number of benzene rings is 1. The zero-order chi connectivity index (χ0) is 19.7. The summed E-state index contributed by atoms with van der Waals surface area (Å²) in [6.07, 6.45) is 5.81. The van der Waals surface area contributed by atoms with Gasteiger partial charge < -0.3 is 10.2 Å². The van der Waals surface area contributed by atoms with E-state index >= 15 is 0 Å². The number of hydrogen-bond donors (Lipinski definition) is 1. The molecule has 2 aliphatic rings. The smallest absolute Gasteiger partial charge is 0.229 e. The van der Waals surface area contributed by atoms with Gasteiger partial charge in [0.05, 0.1) is 0 Å². The lowest BCUT2D eigenvalue weighted by molar-refractivity contribution is -0.120. The van der Waals surface area contributed by atoms with E-state index in [1.165, 1.54) is 28.9 Å². The highest BCUT2D eigenvalue weighted by molar-refractivity contribution is 7.15. The van der Waals surface area contributed by atoms with Crippen molar-refractivity contribution in [3.05, 3.63) is 34.3 Å². The highest BCUT2D eigenvalue weighted by Gasteiger charge is 2.34. The van der Waals surface area contributed by atoms with Gasteiger partial charge in [-0.1, -0.05) is 36.7 Å². The Balaban J connectivity index is 1.42. The number of aryl methyl sites for hydroxylation is 2. The molecule has 0 unspecified atom stereocenters. The molecule has 2 fully saturated rings. The lowest BCUT2D eigenvalue weighted by Crippen LogP contribution is -2.24. The molecule has 28 heavy (non-hydrogen) atoms. The molecule has 2 amide bonds. The number of rotatable bonds is 4. The van der Waals surface area contributed by atoms with Crippen molar-refractivity contribution in [2.75, 3.05) is 16.8 Å². The van der Waals surface area contributed by atoms with Gasteiger partial charge >= 0.3 is 0 Å². The molecule has 2 aromatic rings. The number of carbonyl (C=O) groups is 2. The Kier molecular flexibility index (Phi) is 5.44. The van der Waals surface area contributed by atoms with E-state index in [9.17, 15) is 9.59 Å². The Bertz CT molecular complexity index is 888. The van der Waals surface area contributed by atoms with Gasteiger partial charge in [-0.15, -0.1) is 10.2 Å². The van der Waals surface area contributed by atoms with Crippen LogP contribution in [0.25, 0.3) is 0 Å². The van der Waals surface area contributed by atoms with Crippen molar-refractivity contribution in [3.8, 4) is 0 Å². The van der Waals surface area contributed by atoms with Crippen molar-refractivity contribution in [2.45, 2.75) is 58.3 Å². The summed E-state index contributed by atoms with van der Waals surface area (Å²) in [4.78, 5) is 26.8. The van der Waals surface area contributed by atoms with Gasteiger partial charge in [-0.2, -0.15) is 0 Å². The minimum absolute atomic E-state index is 0.0203. The first-order valence-electron chi connectivity index (χ1n) is 10.0. The Morgan fingerprint density at radius 3 is 2.68 bits per heavy atom. The zero-order valence-corrected chi connectivity index (χ0v) is 17.2. The largest absolute Gasteiger partial charge is 0.312 e. The van der Waals surface area contributed by atoms with Gasteiger partial charge in [0.15, 0.2) is 0 Å². The third-order valence-electron chi connectivity index (χ3n) is 5.92. The molecule has 6 nitrogen and oxygen atoms in total. The van der Waals surface area contributed by atoms with Crippen LogP contribution in [-0.4, -0.2) is 28.6 Å². The van der Waals surface area contributed by atoms with E-state index in [1.807, 2.05) is 11.0 Å². The Morgan fingerprint density at radius 2 is 1.93 bits per heavy atom. The van der Waals surface area contributed by atoms with Crippen LogP contribution in [-0.2, 0) is 9.59 Å². The van der Waals surface area contributed by atoms with E-state index in [2.05, 4.69) is 41.5 Å². The van der Waals surface area contributed by atoms with Crippen LogP contribution in [0.15, 0.2) is 18.2 Å². The molecule has 0 spiro atoms. The molecule has 0 bridgehead atoms. The summed E-state index contributed by atoms with van der Waals surface area (Å²) in [5, 5.41) is 12.7. The van der Waals surface area contributed by atoms with E-state index in [-0.39, 0.29) is 23.7 Å². The first kappa shape index (κ1) is 19.1. The molecule has 1 saturated heterocycles. The van der Waals surface area contributed by atoms with Gasteiger partial charge in [-0.05, 0) is 49.9 Å². The summed E-state index contributed by atoms with van der Waals surface area (Å²) in [5.74, 6) is 0.277. The Labute approximate surface area is 169 Å². The van der Waals surface area contributed by atoms with Gasteiger partial charge in [-0.3, -0.25) is 9.59 Å². The van der Waals surface area contributed by atoms with Crippen LogP contribution in [0.1, 0.15) is 60.6 Å².